The predicted molar refractivity (Wildman–Crippen MR) is 108 cm³/mol. The summed E-state index contributed by atoms with van der Waals surface area (Å²) in [6.45, 7) is 0. The van der Waals surface area contributed by atoms with Gasteiger partial charge in [0, 0.05) is 11.4 Å². The molecule has 2 aromatic carbocycles. The van der Waals surface area contributed by atoms with Crippen molar-refractivity contribution in [1.29, 1.82) is 0 Å². The molecule has 3 rings (SSSR count). The molecular weight excluding hydrogens is 393 g/mol. The number of carbonyl (C=O) groups is 2. The fraction of sp³-hybridized carbons (Fsp3) is 0.150. The van der Waals surface area contributed by atoms with Crippen molar-refractivity contribution in [2.24, 2.45) is 0 Å². The van der Waals surface area contributed by atoms with E-state index in [0.29, 0.717) is 11.4 Å². The first-order valence-electron chi connectivity index (χ1n) is 8.88. The van der Waals surface area contributed by atoms with Crippen LogP contribution in [-0.4, -0.2) is 41.0 Å². The van der Waals surface area contributed by atoms with Gasteiger partial charge >= 0.3 is 0 Å². The Kier molecular flexibility index (Phi) is 6.40. The second-order valence-electron chi connectivity index (χ2n) is 6.16. The standard InChI is InChI=1S/C20H20FN5O4/c1-22-19(28)16-17(24-10-23-16)20(29)26-12-8-6-11(7-9-12)25-18(27)13-4-3-5-14(30-2)15(13)21/h3-10,19,22,28H,1-2H3,(H,23,24)(H,25,27)(H,26,29). The van der Waals surface area contributed by atoms with Crippen molar-refractivity contribution in [2.45, 2.75) is 6.23 Å². The lowest BCUT2D eigenvalue weighted by Gasteiger charge is -2.11. The second kappa shape index (κ2) is 9.16. The summed E-state index contributed by atoms with van der Waals surface area (Å²) in [6, 6.07) is 10.5. The Morgan fingerprint density at radius 2 is 1.73 bits per heavy atom. The van der Waals surface area contributed by atoms with E-state index in [1.54, 1.807) is 24.3 Å². The normalized spacial score (nSPS) is 11.6. The number of H-pyrrole nitrogens is 1. The first kappa shape index (κ1) is 21.0. The minimum atomic E-state index is -1.09. The van der Waals surface area contributed by atoms with E-state index in [4.69, 9.17) is 4.74 Å². The van der Waals surface area contributed by atoms with Gasteiger partial charge in [-0.05, 0) is 43.4 Å². The fourth-order valence-electron chi connectivity index (χ4n) is 2.70. The third-order valence-corrected chi connectivity index (χ3v) is 4.26. The molecule has 0 saturated carbocycles. The van der Waals surface area contributed by atoms with Crippen LogP contribution in [0.4, 0.5) is 15.8 Å². The number of methoxy groups -OCH3 is 1. The number of ether oxygens (including phenoxy) is 1. The molecule has 0 spiro atoms. The van der Waals surface area contributed by atoms with Gasteiger partial charge in [0.2, 0.25) is 0 Å². The summed E-state index contributed by atoms with van der Waals surface area (Å²) in [5.41, 5.74) is 0.988. The Hall–Kier alpha value is -3.76. The van der Waals surface area contributed by atoms with Crippen molar-refractivity contribution >= 4 is 23.2 Å². The van der Waals surface area contributed by atoms with Crippen LogP contribution in [0.5, 0.6) is 5.75 Å². The van der Waals surface area contributed by atoms with Gasteiger partial charge in [-0.15, -0.1) is 0 Å². The molecule has 156 valence electrons. The van der Waals surface area contributed by atoms with Crippen molar-refractivity contribution in [2.75, 3.05) is 24.8 Å². The second-order valence-corrected chi connectivity index (χ2v) is 6.16. The lowest BCUT2D eigenvalue weighted by atomic mass is 10.1. The zero-order valence-electron chi connectivity index (χ0n) is 16.2. The molecule has 10 heteroatoms. The van der Waals surface area contributed by atoms with Gasteiger partial charge in [-0.3, -0.25) is 14.9 Å². The summed E-state index contributed by atoms with van der Waals surface area (Å²) in [7, 11) is 2.85. The summed E-state index contributed by atoms with van der Waals surface area (Å²) in [4.78, 5) is 31.4. The van der Waals surface area contributed by atoms with E-state index in [1.807, 2.05) is 0 Å². The van der Waals surface area contributed by atoms with Crippen LogP contribution < -0.4 is 20.7 Å². The number of halogens is 1. The number of aliphatic hydroxyl groups is 1. The SMILES string of the molecule is CNC(O)c1nc[nH]c1C(=O)Nc1ccc(NC(=O)c2cccc(OC)c2F)cc1. The molecule has 5 N–H and O–H groups in total. The van der Waals surface area contributed by atoms with Crippen LogP contribution in [0.2, 0.25) is 0 Å². The minimum Gasteiger partial charge on any atom is -0.494 e. The summed E-state index contributed by atoms with van der Waals surface area (Å²) >= 11 is 0. The van der Waals surface area contributed by atoms with Crippen LogP contribution in [0.25, 0.3) is 0 Å². The van der Waals surface area contributed by atoms with Gasteiger partial charge in [0.1, 0.15) is 17.6 Å². The molecule has 2 amide bonds. The van der Waals surface area contributed by atoms with Gasteiger partial charge < -0.3 is 25.5 Å². The molecule has 0 aliphatic carbocycles. The predicted octanol–water partition coefficient (Wildman–Crippen LogP) is 2.27. The van der Waals surface area contributed by atoms with Crippen LogP contribution in [-0.2, 0) is 0 Å². The van der Waals surface area contributed by atoms with Crippen molar-refractivity contribution < 1.29 is 23.8 Å². The Bertz CT molecular complexity index is 1050. The number of aliphatic hydroxyl groups excluding tert-OH is 1. The number of carbonyl (C=O) groups excluding carboxylic acids is 2. The monoisotopic (exact) mass is 413 g/mol. The molecule has 1 heterocycles. The number of nitrogens with one attached hydrogen (secondary N) is 4. The maximum absolute atomic E-state index is 14.2. The molecule has 0 fully saturated rings. The van der Waals surface area contributed by atoms with Crippen molar-refractivity contribution in [3.05, 3.63) is 71.6 Å². The van der Waals surface area contributed by atoms with Crippen molar-refractivity contribution in [3.8, 4) is 5.75 Å². The van der Waals surface area contributed by atoms with Gasteiger partial charge in [0.15, 0.2) is 11.6 Å². The highest BCUT2D eigenvalue weighted by Gasteiger charge is 2.20. The lowest BCUT2D eigenvalue weighted by molar-refractivity contribution is 0.1000. The first-order valence-corrected chi connectivity index (χ1v) is 8.88. The maximum atomic E-state index is 14.2. The van der Waals surface area contributed by atoms with E-state index in [2.05, 4.69) is 25.9 Å². The highest BCUT2D eigenvalue weighted by Crippen LogP contribution is 2.22. The highest BCUT2D eigenvalue weighted by atomic mass is 19.1. The number of imidazole rings is 1. The molecule has 0 aliphatic rings. The third-order valence-electron chi connectivity index (χ3n) is 4.26. The van der Waals surface area contributed by atoms with Crippen molar-refractivity contribution in [1.82, 2.24) is 15.3 Å². The average Bonchev–Trinajstić information content (AvgIpc) is 3.25. The van der Waals surface area contributed by atoms with Crippen LogP contribution in [0.3, 0.4) is 0 Å². The first-order chi connectivity index (χ1) is 14.4. The topological polar surface area (TPSA) is 128 Å². The van der Waals surface area contributed by atoms with Gasteiger partial charge in [0.05, 0.1) is 19.0 Å². The van der Waals surface area contributed by atoms with E-state index in [-0.39, 0.29) is 22.7 Å². The molecule has 0 saturated heterocycles. The van der Waals surface area contributed by atoms with E-state index in [0.717, 1.165) is 0 Å². The molecule has 1 aromatic heterocycles. The molecule has 0 radical (unpaired) electrons. The Morgan fingerprint density at radius 1 is 1.10 bits per heavy atom. The number of aromatic amines is 1. The molecule has 0 bridgehead atoms. The van der Waals surface area contributed by atoms with E-state index in [9.17, 15) is 19.1 Å². The van der Waals surface area contributed by atoms with Crippen LogP contribution in [0.15, 0.2) is 48.8 Å². The van der Waals surface area contributed by atoms with Gasteiger partial charge in [-0.2, -0.15) is 0 Å². The zero-order valence-corrected chi connectivity index (χ0v) is 16.2. The quantitative estimate of drug-likeness (QED) is 0.378. The summed E-state index contributed by atoms with van der Waals surface area (Å²) in [5.74, 6) is -1.90. The molecule has 1 atom stereocenters. The van der Waals surface area contributed by atoms with Gasteiger partial charge in [-0.1, -0.05) is 6.07 Å². The van der Waals surface area contributed by atoms with E-state index < -0.39 is 23.9 Å². The van der Waals surface area contributed by atoms with E-state index >= 15 is 0 Å². The molecule has 9 nitrogen and oxygen atoms in total. The molecular formula is C20H20FN5O4. The number of benzene rings is 2. The third kappa shape index (κ3) is 4.45. The Morgan fingerprint density at radius 3 is 2.33 bits per heavy atom. The molecule has 30 heavy (non-hydrogen) atoms. The largest absolute Gasteiger partial charge is 0.494 e. The van der Waals surface area contributed by atoms with Gasteiger partial charge in [-0.25, -0.2) is 9.37 Å². The van der Waals surface area contributed by atoms with E-state index in [1.165, 1.54) is 38.7 Å². The highest BCUT2D eigenvalue weighted by molar-refractivity contribution is 6.05. The average molecular weight is 413 g/mol. The Labute approximate surface area is 171 Å². The van der Waals surface area contributed by atoms with Crippen molar-refractivity contribution in [3.63, 3.8) is 0 Å². The summed E-state index contributed by atoms with van der Waals surface area (Å²) in [6.07, 6.45) is 0.216. The molecule has 0 aliphatic heterocycles. The number of amides is 2. The number of nitrogens with zero attached hydrogens (tertiary/aromatic N) is 1. The Balaban J connectivity index is 1.68. The van der Waals surface area contributed by atoms with Crippen LogP contribution in [0.1, 0.15) is 32.8 Å². The fourth-order valence-corrected chi connectivity index (χ4v) is 2.70. The number of hydrogen-bond donors (Lipinski definition) is 5. The molecule has 1 unspecified atom stereocenters. The zero-order chi connectivity index (χ0) is 21.7. The van der Waals surface area contributed by atoms with Gasteiger partial charge in [0.25, 0.3) is 11.8 Å². The van der Waals surface area contributed by atoms with Crippen LogP contribution >= 0.6 is 0 Å². The molecule has 3 aromatic rings. The minimum absolute atomic E-state index is 0.0257. The lowest BCUT2D eigenvalue weighted by Crippen LogP contribution is -2.21. The number of anilines is 2. The number of aromatic nitrogens is 2. The maximum Gasteiger partial charge on any atom is 0.274 e. The van der Waals surface area contributed by atoms with Crippen LogP contribution in [0, 0.1) is 5.82 Å². The number of rotatable bonds is 7. The smallest absolute Gasteiger partial charge is 0.274 e. The number of hydrogen-bond acceptors (Lipinski definition) is 6. The summed E-state index contributed by atoms with van der Waals surface area (Å²) < 4.78 is 19.1. The summed E-state index contributed by atoms with van der Waals surface area (Å²) in [5, 5.41) is 17.7.